The summed E-state index contributed by atoms with van der Waals surface area (Å²) >= 11 is 13.9. The highest BCUT2D eigenvalue weighted by Gasteiger charge is 2.28. The van der Waals surface area contributed by atoms with Crippen molar-refractivity contribution in [3.05, 3.63) is 16.4 Å². The van der Waals surface area contributed by atoms with Crippen LogP contribution in [0.2, 0.25) is 10.3 Å². The smallest absolute Gasteiger partial charge is 0.175 e. The van der Waals surface area contributed by atoms with E-state index in [1.54, 1.807) is 6.07 Å². The molecule has 1 aliphatic heterocycles. The molecule has 0 atom stereocenters. The summed E-state index contributed by atoms with van der Waals surface area (Å²) < 4.78 is 0.233. The largest absolute Gasteiger partial charge is 0.367 e. The minimum absolute atomic E-state index is 0.233. The second-order valence-electron chi connectivity index (χ2n) is 4.37. The zero-order chi connectivity index (χ0) is 11.8. The summed E-state index contributed by atoms with van der Waals surface area (Å²) in [5.41, 5.74) is 0.884. The van der Waals surface area contributed by atoms with E-state index >= 15 is 0 Å². The van der Waals surface area contributed by atoms with Gasteiger partial charge in [-0.3, -0.25) is 0 Å². The van der Waals surface area contributed by atoms with Crippen molar-refractivity contribution in [3.8, 4) is 0 Å². The number of hydrogen-bond donors (Lipinski definition) is 0. The van der Waals surface area contributed by atoms with Gasteiger partial charge in [0.1, 0.15) is 0 Å². The zero-order valence-electron chi connectivity index (χ0n) is 9.20. The van der Waals surface area contributed by atoms with Gasteiger partial charge in [-0.15, -0.1) is 10.2 Å². The molecule has 3 nitrogen and oxygen atoms in total. The molecule has 0 spiro atoms. The first kappa shape index (κ1) is 12.3. The van der Waals surface area contributed by atoms with E-state index in [1.807, 2.05) is 11.8 Å². The van der Waals surface area contributed by atoms with Crippen molar-refractivity contribution in [2.45, 2.75) is 18.6 Å². The third kappa shape index (κ3) is 2.73. The highest BCUT2D eigenvalue weighted by molar-refractivity contribution is 8.00. The van der Waals surface area contributed by atoms with Crippen molar-refractivity contribution in [1.82, 2.24) is 10.2 Å². The van der Waals surface area contributed by atoms with Crippen LogP contribution in [0.15, 0.2) is 6.07 Å². The van der Waals surface area contributed by atoms with Crippen molar-refractivity contribution in [2.24, 2.45) is 0 Å². The molecule has 1 saturated heterocycles. The van der Waals surface area contributed by atoms with Crippen LogP contribution in [-0.2, 0) is 0 Å². The number of thioether (sulfide) groups is 1. The Balaban J connectivity index is 2.26. The van der Waals surface area contributed by atoms with Gasteiger partial charge in [0.2, 0.25) is 0 Å². The van der Waals surface area contributed by atoms with Gasteiger partial charge in [0.05, 0.1) is 5.69 Å². The van der Waals surface area contributed by atoms with Gasteiger partial charge in [0, 0.05) is 29.7 Å². The monoisotopic (exact) mass is 277 g/mol. The van der Waals surface area contributed by atoms with Crippen LogP contribution in [0.5, 0.6) is 0 Å². The van der Waals surface area contributed by atoms with Crippen LogP contribution in [0, 0.1) is 0 Å². The van der Waals surface area contributed by atoms with Crippen LogP contribution in [0.25, 0.3) is 0 Å². The Morgan fingerprint density at radius 1 is 1.38 bits per heavy atom. The Morgan fingerprint density at radius 3 is 2.81 bits per heavy atom. The Morgan fingerprint density at radius 2 is 2.12 bits per heavy atom. The molecule has 1 aromatic heterocycles. The number of aromatic nitrogens is 2. The lowest BCUT2D eigenvalue weighted by Gasteiger charge is -2.38. The molecule has 6 heteroatoms. The molecule has 1 fully saturated rings. The highest BCUT2D eigenvalue weighted by Crippen LogP contribution is 2.34. The molecule has 0 aliphatic carbocycles. The Kier molecular flexibility index (Phi) is 3.52. The summed E-state index contributed by atoms with van der Waals surface area (Å²) in [5, 5.41) is 8.37. The van der Waals surface area contributed by atoms with E-state index < -0.39 is 0 Å². The molecule has 0 unspecified atom stereocenters. The second kappa shape index (κ2) is 4.59. The molecular formula is C10H13Cl2N3S. The molecule has 2 rings (SSSR count). The maximum absolute atomic E-state index is 6.04. The van der Waals surface area contributed by atoms with Crippen LogP contribution < -0.4 is 4.90 Å². The van der Waals surface area contributed by atoms with Gasteiger partial charge < -0.3 is 4.90 Å². The number of halogens is 2. The molecule has 0 bridgehead atoms. The number of nitrogens with zero attached hydrogens (tertiary/aromatic N) is 3. The third-order valence-electron chi connectivity index (χ3n) is 2.47. The fraction of sp³-hybridized carbons (Fsp3) is 0.600. The molecule has 2 heterocycles. The molecule has 0 N–H and O–H groups in total. The summed E-state index contributed by atoms with van der Waals surface area (Å²) in [6, 6.07) is 1.78. The van der Waals surface area contributed by atoms with E-state index in [4.69, 9.17) is 23.2 Å². The fourth-order valence-electron chi connectivity index (χ4n) is 1.79. The van der Waals surface area contributed by atoms with E-state index in [1.165, 1.54) is 0 Å². The minimum Gasteiger partial charge on any atom is -0.367 e. The third-order valence-corrected chi connectivity index (χ3v) is 4.22. The number of anilines is 1. The minimum atomic E-state index is 0.233. The lowest BCUT2D eigenvalue weighted by molar-refractivity contribution is 0.646. The highest BCUT2D eigenvalue weighted by atomic mass is 35.5. The molecular weight excluding hydrogens is 265 g/mol. The topological polar surface area (TPSA) is 29.0 Å². The van der Waals surface area contributed by atoms with Crippen molar-refractivity contribution in [1.29, 1.82) is 0 Å². The van der Waals surface area contributed by atoms with Crippen molar-refractivity contribution in [2.75, 3.05) is 23.7 Å². The average Bonchev–Trinajstić information content (AvgIpc) is 2.20. The normalized spacial score (nSPS) is 19.9. The van der Waals surface area contributed by atoms with Gasteiger partial charge >= 0.3 is 0 Å². The molecule has 1 aliphatic rings. The van der Waals surface area contributed by atoms with E-state index in [2.05, 4.69) is 28.9 Å². The quantitative estimate of drug-likeness (QED) is 0.789. The Labute approximate surface area is 110 Å². The SMILES string of the molecule is CC1(C)CN(c2cc(Cl)nnc2Cl)CCS1. The molecule has 16 heavy (non-hydrogen) atoms. The number of rotatable bonds is 1. The lowest BCUT2D eigenvalue weighted by Crippen LogP contribution is -2.43. The molecule has 0 saturated carbocycles. The molecule has 0 radical (unpaired) electrons. The zero-order valence-corrected chi connectivity index (χ0v) is 11.5. The fourth-order valence-corrected chi connectivity index (χ4v) is 3.25. The van der Waals surface area contributed by atoms with Crippen molar-refractivity contribution >= 4 is 40.7 Å². The maximum Gasteiger partial charge on any atom is 0.175 e. The summed E-state index contributed by atoms with van der Waals surface area (Å²) in [6.07, 6.45) is 0. The van der Waals surface area contributed by atoms with Gasteiger partial charge in [-0.25, -0.2) is 0 Å². The van der Waals surface area contributed by atoms with E-state index in [9.17, 15) is 0 Å². The van der Waals surface area contributed by atoms with Gasteiger partial charge in [-0.2, -0.15) is 11.8 Å². The van der Waals surface area contributed by atoms with Crippen molar-refractivity contribution in [3.63, 3.8) is 0 Å². The van der Waals surface area contributed by atoms with E-state index in [-0.39, 0.29) is 4.75 Å². The Hall–Kier alpha value is -0.190. The standard InChI is InChI=1S/C10H13Cl2N3S/c1-10(2)6-15(3-4-16-10)7-5-8(11)13-14-9(7)12/h5H,3-4,6H2,1-2H3. The first-order valence-electron chi connectivity index (χ1n) is 5.05. The first-order chi connectivity index (χ1) is 7.48. The molecule has 1 aromatic rings. The predicted octanol–water partition coefficient (Wildman–Crippen LogP) is 3.12. The number of hydrogen-bond acceptors (Lipinski definition) is 4. The van der Waals surface area contributed by atoms with Crippen LogP contribution in [0.1, 0.15) is 13.8 Å². The first-order valence-corrected chi connectivity index (χ1v) is 6.80. The molecule has 0 amide bonds. The van der Waals surface area contributed by atoms with Crippen LogP contribution >= 0.6 is 35.0 Å². The van der Waals surface area contributed by atoms with Gasteiger partial charge in [-0.05, 0) is 13.8 Å². The Bertz CT molecular complexity index is 398. The average molecular weight is 278 g/mol. The van der Waals surface area contributed by atoms with Crippen LogP contribution in [0.4, 0.5) is 5.69 Å². The maximum atomic E-state index is 6.04. The summed E-state index contributed by atoms with van der Waals surface area (Å²) in [7, 11) is 0. The van der Waals surface area contributed by atoms with Crippen molar-refractivity contribution < 1.29 is 0 Å². The van der Waals surface area contributed by atoms with Gasteiger partial charge in [0.25, 0.3) is 0 Å². The molecule has 0 aromatic carbocycles. The van der Waals surface area contributed by atoms with E-state index in [0.29, 0.717) is 10.3 Å². The summed E-state index contributed by atoms with van der Waals surface area (Å²) in [4.78, 5) is 2.22. The van der Waals surface area contributed by atoms with E-state index in [0.717, 1.165) is 24.5 Å². The van der Waals surface area contributed by atoms with Crippen LogP contribution in [-0.4, -0.2) is 33.8 Å². The molecule has 88 valence electrons. The summed E-state index contributed by atoms with van der Waals surface area (Å²) in [5.74, 6) is 1.09. The predicted molar refractivity (Wildman–Crippen MR) is 70.8 cm³/mol. The lowest BCUT2D eigenvalue weighted by atomic mass is 10.2. The summed E-state index contributed by atoms with van der Waals surface area (Å²) in [6.45, 7) is 6.37. The second-order valence-corrected chi connectivity index (χ2v) is 6.92. The van der Waals surface area contributed by atoms with Crippen LogP contribution in [0.3, 0.4) is 0 Å². The van der Waals surface area contributed by atoms with Gasteiger partial charge in [0.15, 0.2) is 10.3 Å². The van der Waals surface area contributed by atoms with Gasteiger partial charge in [-0.1, -0.05) is 23.2 Å².